The van der Waals surface area contributed by atoms with Crippen LogP contribution in [0.15, 0.2) is 24.8 Å². The lowest BCUT2D eigenvalue weighted by molar-refractivity contribution is -0.110. The molecule has 1 aromatic carbocycles. The number of fused-ring (bicyclic) bond motifs is 1. The molecule has 3 rings (SSSR count). The van der Waals surface area contributed by atoms with E-state index in [1.807, 2.05) is 52.0 Å². The van der Waals surface area contributed by atoms with Gasteiger partial charge in [0.2, 0.25) is 0 Å². The van der Waals surface area contributed by atoms with E-state index in [0.29, 0.717) is 29.7 Å². The van der Waals surface area contributed by atoms with Crippen LogP contribution < -0.4 is 10.6 Å². The predicted octanol–water partition coefficient (Wildman–Crippen LogP) is 10.4. The molecule has 1 aliphatic rings. The minimum atomic E-state index is -1.32. The quantitative estimate of drug-likeness (QED) is 0.160. The molecule has 0 fully saturated rings. The Bertz CT molecular complexity index is 1270. The molecule has 260 valence electrons. The Morgan fingerprint density at radius 3 is 2.28 bits per heavy atom. The highest BCUT2D eigenvalue weighted by atomic mass is 19.1. The summed E-state index contributed by atoms with van der Waals surface area (Å²) in [4.78, 5) is 19.1. The first kappa shape index (κ1) is 41.2. The number of alkyl halides is 1. The molecule has 2 aromatic rings. The van der Waals surface area contributed by atoms with Crippen LogP contribution in [0.4, 0.5) is 10.1 Å². The highest BCUT2D eigenvalue weighted by Crippen LogP contribution is 2.36. The average molecular weight is 639 g/mol. The third-order valence-corrected chi connectivity index (χ3v) is 8.23. The van der Waals surface area contributed by atoms with Crippen LogP contribution in [0.1, 0.15) is 129 Å². The lowest BCUT2D eigenvalue weighted by Crippen LogP contribution is -2.38. The summed E-state index contributed by atoms with van der Waals surface area (Å²) in [5.41, 5.74) is 6.66. The van der Waals surface area contributed by atoms with Gasteiger partial charge in [-0.1, -0.05) is 87.8 Å². The second-order valence-electron chi connectivity index (χ2n) is 13.6. The van der Waals surface area contributed by atoms with Gasteiger partial charge in [-0.05, 0) is 81.2 Å². The van der Waals surface area contributed by atoms with Crippen LogP contribution in [0.3, 0.4) is 0 Å². The number of hydrogen-bond acceptors (Lipinski definition) is 3. The minimum absolute atomic E-state index is 0.142. The average Bonchev–Trinajstić information content (AvgIpc) is 3.45. The monoisotopic (exact) mass is 639 g/mol. The van der Waals surface area contributed by atoms with Crippen molar-refractivity contribution in [3.05, 3.63) is 58.4 Å². The number of benzene rings is 1. The molecule has 2 unspecified atom stereocenters. The van der Waals surface area contributed by atoms with E-state index >= 15 is 0 Å². The lowest BCUT2D eigenvalue weighted by Gasteiger charge is -2.31. The Balaban J connectivity index is 0.00000254. The van der Waals surface area contributed by atoms with Gasteiger partial charge in [-0.2, -0.15) is 0 Å². The van der Waals surface area contributed by atoms with Gasteiger partial charge in [0.25, 0.3) is 5.91 Å². The molecule has 0 saturated heterocycles. The van der Waals surface area contributed by atoms with Crippen molar-refractivity contribution in [1.29, 1.82) is 0 Å². The Morgan fingerprint density at radius 2 is 1.72 bits per heavy atom. The highest BCUT2D eigenvalue weighted by molar-refractivity contribution is 6.35. The second-order valence-corrected chi connectivity index (χ2v) is 13.6. The molecule has 3 N–H and O–H groups in total. The number of halogens is 1. The van der Waals surface area contributed by atoms with Crippen molar-refractivity contribution in [3.63, 3.8) is 0 Å². The smallest absolute Gasteiger partial charge is 0.256 e. The molecule has 0 aliphatic carbocycles. The van der Waals surface area contributed by atoms with Gasteiger partial charge >= 0.3 is 0 Å². The summed E-state index contributed by atoms with van der Waals surface area (Å²) in [5.74, 6) is 1.74. The lowest BCUT2D eigenvalue weighted by atomic mass is 9.96. The number of H-pyrrole nitrogens is 1. The van der Waals surface area contributed by atoms with E-state index in [-0.39, 0.29) is 5.91 Å². The van der Waals surface area contributed by atoms with Crippen molar-refractivity contribution in [2.75, 3.05) is 31.5 Å². The van der Waals surface area contributed by atoms with Gasteiger partial charge in [-0.3, -0.25) is 4.79 Å². The van der Waals surface area contributed by atoms with E-state index in [1.54, 1.807) is 13.8 Å². The molecule has 0 saturated carbocycles. The highest BCUT2D eigenvalue weighted by Gasteiger charge is 2.27. The predicted molar refractivity (Wildman–Crippen MR) is 201 cm³/mol. The van der Waals surface area contributed by atoms with E-state index in [0.717, 1.165) is 77.6 Å². The van der Waals surface area contributed by atoms with E-state index in [1.165, 1.54) is 12.8 Å². The fourth-order valence-corrected chi connectivity index (χ4v) is 6.31. The molecule has 0 spiro atoms. The van der Waals surface area contributed by atoms with E-state index < -0.39 is 5.67 Å². The third-order valence-electron chi connectivity index (χ3n) is 8.23. The number of nitrogens with zero attached hydrogens (tertiary/aromatic N) is 1. The maximum Gasteiger partial charge on any atom is 0.256 e. The number of aromatic nitrogens is 1. The topological polar surface area (TPSA) is 60.2 Å². The fourth-order valence-electron chi connectivity index (χ4n) is 6.31. The Hall–Kier alpha value is -2.86. The molecule has 6 heteroatoms. The van der Waals surface area contributed by atoms with Crippen molar-refractivity contribution in [2.45, 2.75) is 121 Å². The van der Waals surface area contributed by atoms with Crippen LogP contribution >= 0.6 is 0 Å². The number of hydrogen-bond donors (Lipinski definition) is 3. The van der Waals surface area contributed by atoms with Crippen molar-refractivity contribution < 1.29 is 9.18 Å². The number of rotatable bonds is 16. The number of amides is 1. The number of carbonyl (C=O) groups excluding carboxylic acids is 1. The normalized spacial score (nSPS) is 14.7. The zero-order valence-electron chi connectivity index (χ0n) is 31.6. The van der Waals surface area contributed by atoms with Gasteiger partial charge < -0.3 is 20.5 Å². The van der Waals surface area contributed by atoms with Crippen LogP contribution in [-0.2, 0) is 11.2 Å². The molecule has 1 aromatic heterocycles. The van der Waals surface area contributed by atoms with Crippen molar-refractivity contribution in [3.8, 4) is 0 Å². The summed E-state index contributed by atoms with van der Waals surface area (Å²) in [6.45, 7) is 35.5. The Kier molecular flexibility index (Phi) is 17.6. The van der Waals surface area contributed by atoms with Crippen molar-refractivity contribution >= 4 is 28.9 Å². The Morgan fingerprint density at radius 1 is 1.07 bits per heavy atom. The zero-order chi connectivity index (χ0) is 35.2. The largest absolute Gasteiger partial charge is 0.385 e. The molecule has 1 amide bonds. The molecule has 46 heavy (non-hydrogen) atoms. The van der Waals surface area contributed by atoms with Crippen molar-refractivity contribution in [1.82, 2.24) is 15.2 Å². The molecule has 1 aliphatic heterocycles. The van der Waals surface area contributed by atoms with Gasteiger partial charge in [-0.15, -0.1) is 0 Å². The summed E-state index contributed by atoms with van der Waals surface area (Å²) >= 11 is 0. The maximum absolute atomic E-state index is 14.3. The molecule has 5 nitrogen and oxygen atoms in total. The van der Waals surface area contributed by atoms with E-state index in [9.17, 15) is 9.18 Å². The van der Waals surface area contributed by atoms with Gasteiger partial charge in [0.05, 0.1) is 5.57 Å². The number of nitrogens with one attached hydrogen (secondary N) is 3. The first-order chi connectivity index (χ1) is 21.7. The molecule has 2 heterocycles. The van der Waals surface area contributed by atoms with E-state index in [4.69, 9.17) is 0 Å². The summed E-state index contributed by atoms with van der Waals surface area (Å²) in [6.07, 6.45) is 5.83. The molecular formula is C40H67FN4O. The van der Waals surface area contributed by atoms with Gasteiger partial charge in [0.1, 0.15) is 5.67 Å². The first-order valence-corrected chi connectivity index (χ1v) is 17.9. The standard InChI is InChI=1S/C36H55FN4O.2C2H6/c1-11-13-24(5)21-41(20-23(3)4)22-28(12-2)19-38-26(7)34-25(6)33(39-27(34)8)17-31-30-16-29(18-36(9,10)37)14-15-32(30)40-35(31)42;2*1-2/h14-17,23-24,28,38-39H,7,11-13,18-22H2,1-6,8-10H3,(H,40,42);2*1-2H3/b31-17-;;. The molecular weight excluding hydrogens is 571 g/mol. The third kappa shape index (κ3) is 12.4. The first-order valence-electron chi connectivity index (χ1n) is 17.9. The molecule has 0 bridgehead atoms. The van der Waals surface area contributed by atoms with Crippen LogP contribution in [0.25, 0.3) is 17.3 Å². The summed E-state index contributed by atoms with van der Waals surface area (Å²) in [7, 11) is 0. The van der Waals surface area contributed by atoms with Crippen molar-refractivity contribution in [2.24, 2.45) is 17.8 Å². The minimum Gasteiger partial charge on any atom is -0.385 e. The van der Waals surface area contributed by atoms with Crippen LogP contribution in [0.2, 0.25) is 0 Å². The number of aromatic amines is 1. The SMILES string of the molecule is C=C(NCC(CC)CN(CC(C)C)CC(C)CCC)c1c(C)[nH]c(/C=C2\C(=O)Nc3ccc(CC(C)(C)F)cc32)c1C.CC.CC. The Labute approximate surface area is 281 Å². The maximum atomic E-state index is 14.3. The van der Waals surface area contributed by atoms with E-state index in [2.05, 4.69) is 75.6 Å². The summed E-state index contributed by atoms with van der Waals surface area (Å²) in [6, 6.07) is 5.69. The summed E-state index contributed by atoms with van der Waals surface area (Å²) < 4.78 is 14.3. The van der Waals surface area contributed by atoms with Gasteiger partial charge in [0, 0.05) is 66.5 Å². The van der Waals surface area contributed by atoms with Gasteiger partial charge in [0.15, 0.2) is 0 Å². The molecule has 0 radical (unpaired) electrons. The van der Waals surface area contributed by atoms with Gasteiger partial charge in [-0.25, -0.2) is 4.39 Å². The second kappa shape index (κ2) is 19.7. The fraction of sp³-hybridized carbons (Fsp3) is 0.625. The van der Waals surface area contributed by atoms with Crippen LogP contribution in [0.5, 0.6) is 0 Å². The number of anilines is 1. The van der Waals surface area contributed by atoms with Crippen LogP contribution in [-0.4, -0.2) is 47.6 Å². The zero-order valence-corrected chi connectivity index (χ0v) is 31.6. The summed E-state index contributed by atoms with van der Waals surface area (Å²) in [5, 5.41) is 6.61. The molecule has 2 atom stereocenters. The number of aryl methyl sites for hydroxylation is 1. The number of carbonyl (C=O) groups is 1. The van der Waals surface area contributed by atoms with Crippen LogP contribution in [0, 0.1) is 31.6 Å².